The maximum absolute atomic E-state index is 12.5. The molecule has 0 saturated carbocycles. The van der Waals surface area contributed by atoms with Crippen molar-refractivity contribution in [1.29, 1.82) is 5.26 Å². The lowest BCUT2D eigenvalue weighted by molar-refractivity contribution is -0.146. The fourth-order valence-corrected chi connectivity index (χ4v) is 3.29. The van der Waals surface area contributed by atoms with Crippen LogP contribution in [0.1, 0.15) is 25.3 Å². The Hall–Kier alpha value is -2.73. The zero-order valence-corrected chi connectivity index (χ0v) is 16.7. The van der Waals surface area contributed by atoms with Gasteiger partial charge in [-0.3, -0.25) is 4.79 Å². The van der Waals surface area contributed by atoms with E-state index in [1.807, 2.05) is 6.07 Å². The number of nitriles is 1. The van der Waals surface area contributed by atoms with Gasteiger partial charge in [0, 0.05) is 10.0 Å². The third-order valence-corrected chi connectivity index (χ3v) is 4.36. The minimum Gasteiger partial charge on any atom is -0.493 e. The summed E-state index contributed by atoms with van der Waals surface area (Å²) in [5, 5.41) is 9.66. The summed E-state index contributed by atoms with van der Waals surface area (Å²) in [5.41, 5.74) is 6.25. The number of hydrogen-bond donors (Lipinski definition) is 1. The first-order valence-electron chi connectivity index (χ1n) is 8.17. The molecule has 1 aromatic rings. The first kappa shape index (κ1) is 20.6. The Morgan fingerprint density at radius 3 is 2.56 bits per heavy atom. The summed E-state index contributed by atoms with van der Waals surface area (Å²) in [7, 11) is 1.44. The lowest BCUT2D eigenvalue weighted by Crippen LogP contribution is -2.34. The van der Waals surface area contributed by atoms with Gasteiger partial charge in [0.25, 0.3) is 0 Å². The van der Waals surface area contributed by atoms with E-state index in [2.05, 4.69) is 15.9 Å². The van der Waals surface area contributed by atoms with Crippen molar-refractivity contribution in [2.45, 2.75) is 19.8 Å². The summed E-state index contributed by atoms with van der Waals surface area (Å²) < 4.78 is 21.6. The van der Waals surface area contributed by atoms with Crippen LogP contribution in [0.15, 0.2) is 28.1 Å². The van der Waals surface area contributed by atoms with Crippen molar-refractivity contribution in [1.82, 2.24) is 0 Å². The van der Waals surface area contributed by atoms with Crippen LogP contribution in [0.2, 0.25) is 0 Å². The van der Waals surface area contributed by atoms with Crippen molar-refractivity contribution >= 4 is 27.9 Å². The summed E-state index contributed by atoms with van der Waals surface area (Å²) in [6.07, 6.45) is 0. The second kappa shape index (κ2) is 8.77. The van der Waals surface area contributed by atoms with Gasteiger partial charge in [0.15, 0.2) is 17.4 Å². The third kappa shape index (κ3) is 4.01. The van der Waals surface area contributed by atoms with Crippen molar-refractivity contribution in [3.63, 3.8) is 0 Å². The monoisotopic (exact) mass is 438 g/mol. The lowest BCUT2D eigenvalue weighted by Gasteiger charge is -2.30. The largest absolute Gasteiger partial charge is 0.493 e. The molecule has 0 aliphatic carbocycles. The Morgan fingerprint density at radius 1 is 1.33 bits per heavy atom. The van der Waals surface area contributed by atoms with E-state index in [-0.39, 0.29) is 30.4 Å². The quantitative estimate of drug-likeness (QED) is 0.671. The predicted molar refractivity (Wildman–Crippen MR) is 97.6 cm³/mol. The van der Waals surface area contributed by atoms with Crippen LogP contribution in [-0.4, -0.2) is 32.3 Å². The molecule has 0 radical (unpaired) electrons. The Balaban J connectivity index is 2.72. The Bertz CT molecular complexity index is 830. The summed E-state index contributed by atoms with van der Waals surface area (Å²) in [5.74, 6) is -3.61. The van der Waals surface area contributed by atoms with E-state index in [0.29, 0.717) is 15.8 Å². The number of nitrogens with zero attached hydrogens (tertiary/aromatic N) is 1. The fourth-order valence-electron chi connectivity index (χ4n) is 2.83. The van der Waals surface area contributed by atoms with E-state index in [1.54, 1.807) is 26.0 Å². The highest BCUT2D eigenvalue weighted by Gasteiger charge is 2.44. The second-order valence-corrected chi connectivity index (χ2v) is 6.38. The van der Waals surface area contributed by atoms with Gasteiger partial charge in [-0.25, -0.2) is 4.79 Å². The van der Waals surface area contributed by atoms with Gasteiger partial charge in [0.2, 0.25) is 5.88 Å². The number of halogens is 1. The molecule has 0 amide bonds. The minimum absolute atomic E-state index is 0.0861. The highest BCUT2D eigenvalue weighted by atomic mass is 79.9. The number of fused-ring (bicyclic) bond motifs is 1. The van der Waals surface area contributed by atoms with Crippen molar-refractivity contribution in [3.05, 3.63) is 33.6 Å². The van der Waals surface area contributed by atoms with Gasteiger partial charge in [0.1, 0.15) is 5.57 Å². The van der Waals surface area contributed by atoms with Crippen LogP contribution < -0.4 is 15.2 Å². The van der Waals surface area contributed by atoms with Crippen LogP contribution in [0.3, 0.4) is 0 Å². The molecule has 0 saturated heterocycles. The molecule has 0 aromatic heterocycles. The number of carbonyl (C=O) groups is 2. The molecule has 2 rings (SSSR count). The molecule has 9 heteroatoms. The number of hydrogen-bond acceptors (Lipinski definition) is 8. The number of benzene rings is 1. The van der Waals surface area contributed by atoms with Crippen LogP contribution in [-0.2, 0) is 19.1 Å². The van der Waals surface area contributed by atoms with Crippen LogP contribution >= 0.6 is 15.9 Å². The van der Waals surface area contributed by atoms with Gasteiger partial charge in [0.05, 0.1) is 32.3 Å². The number of nitrogens with two attached hydrogens (primary N) is 1. The van der Waals surface area contributed by atoms with E-state index in [4.69, 9.17) is 24.7 Å². The first-order chi connectivity index (χ1) is 12.9. The van der Waals surface area contributed by atoms with Crippen LogP contribution in [0, 0.1) is 17.2 Å². The van der Waals surface area contributed by atoms with Crippen molar-refractivity contribution in [2.75, 3.05) is 20.3 Å². The summed E-state index contributed by atoms with van der Waals surface area (Å²) in [6.45, 7) is 3.44. The van der Waals surface area contributed by atoms with Gasteiger partial charge in [-0.2, -0.15) is 5.26 Å². The number of ether oxygens (including phenoxy) is 4. The molecule has 8 nitrogen and oxygen atoms in total. The summed E-state index contributed by atoms with van der Waals surface area (Å²) in [6, 6.07) is 5.20. The molecule has 2 atom stereocenters. The smallest absolute Gasteiger partial charge is 0.340 e. The molecule has 2 unspecified atom stereocenters. The molecular formula is C18H19BrN2O6. The Kier molecular flexibility index (Phi) is 6.69. The molecule has 0 fully saturated rings. The lowest BCUT2D eigenvalue weighted by atomic mass is 9.79. The van der Waals surface area contributed by atoms with Gasteiger partial charge in [-0.15, -0.1) is 0 Å². The zero-order chi connectivity index (χ0) is 20.1. The predicted octanol–water partition coefficient (Wildman–Crippen LogP) is 2.37. The van der Waals surface area contributed by atoms with E-state index in [0.717, 1.165) is 0 Å². The average Bonchev–Trinajstić information content (AvgIpc) is 2.62. The van der Waals surface area contributed by atoms with Crippen LogP contribution in [0.25, 0.3) is 0 Å². The number of rotatable bonds is 6. The van der Waals surface area contributed by atoms with Gasteiger partial charge >= 0.3 is 11.9 Å². The van der Waals surface area contributed by atoms with Gasteiger partial charge in [-0.05, 0) is 26.0 Å². The van der Waals surface area contributed by atoms with E-state index < -0.39 is 23.8 Å². The molecule has 0 bridgehead atoms. The molecule has 2 N–H and O–H groups in total. The van der Waals surface area contributed by atoms with E-state index in [9.17, 15) is 14.9 Å². The molecule has 1 heterocycles. The van der Waals surface area contributed by atoms with Crippen LogP contribution in [0.5, 0.6) is 11.5 Å². The first-order valence-corrected chi connectivity index (χ1v) is 8.97. The molecule has 144 valence electrons. The molecule has 27 heavy (non-hydrogen) atoms. The highest BCUT2D eigenvalue weighted by molar-refractivity contribution is 9.10. The van der Waals surface area contributed by atoms with Gasteiger partial charge < -0.3 is 24.7 Å². The minimum atomic E-state index is -1.33. The van der Waals surface area contributed by atoms with E-state index >= 15 is 0 Å². The topological polar surface area (TPSA) is 121 Å². The van der Waals surface area contributed by atoms with Crippen molar-refractivity contribution in [2.24, 2.45) is 11.7 Å². The molecule has 1 aliphatic rings. The van der Waals surface area contributed by atoms with Gasteiger partial charge in [-0.1, -0.05) is 15.9 Å². The maximum Gasteiger partial charge on any atom is 0.340 e. The van der Waals surface area contributed by atoms with Crippen LogP contribution in [0.4, 0.5) is 0 Å². The van der Waals surface area contributed by atoms with E-state index in [1.165, 1.54) is 7.11 Å². The normalized spacial score (nSPS) is 16.5. The summed E-state index contributed by atoms with van der Waals surface area (Å²) in [4.78, 5) is 24.9. The number of esters is 2. The average molecular weight is 439 g/mol. The van der Waals surface area contributed by atoms with Crippen molar-refractivity contribution < 1.29 is 28.5 Å². The molecule has 0 spiro atoms. The number of methoxy groups -OCH3 is 1. The maximum atomic E-state index is 12.5. The standard InChI is InChI=1S/C18H19BrN2O6/c1-4-25-17(22)11(8-20)13-10-6-9(19)7-12(24-3)15(10)27-16(21)14(13)18(23)26-5-2/h6-7,11,13H,4-5,21H2,1-3H3. The fraction of sp³-hybridized carbons (Fsp3) is 0.389. The second-order valence-electron chi connectivity index (χ2n) is 5.46. The Labute approximate surface area is 164 Å². The van der Waals surface area contributed by atoms with Crippen molar-refractivity contribution in [3.8, 4) is 17.6 Å². The number of carbonyl (C=O) groups excluding carboxylic acids is 2. The molecule has 1 aromatic carbocycles. The third-order valence-electron chi connectivity index (χ3n) is 3.90. The highest BCUT2D eigenvalue weighted by Crippen LogP contribution is 2.48. The molecule has 1 aliphatic heterocycles. The SMILES string of the molecule is CCOC(=O)C1=C(N)Oc2c(OC)cc(Br)cc2C1C(C#N)C(=O)OCC. The Morgan fingerprint density at radius 2 is 2.00 bits per heavy atom. The molecular weight excluding hydrogens is 420 g/mol. The zero-order valence-electron chi connectivity index (χ0n) is 15.1. The summed E-state index contributed by atoms with van der Waals surface area (Å²) >= 11 is 3.35.